The predicted molar refractivity (Wildman–Crippen MR) is 88.8 cm³/mol. The van der Waals surface area contributed by atoms with Crippen LogP contribution in [0.1, 0.15) is 27.7 Å². The smallest absolute Gasteiger partial charge is 0.257 e. The largest absolute Gasteiger partial charge is 0.469 e. The maximum absolute atomic E-state index is 12.8. The van der Waals surface area contributed by atoms with Crippen LogP contribution in [0.4, 0.5) is 0 Å². The summed E-state index contributed by atoms with van der Waals surface area (Å²) < 4.78 is 5.25. The monoisotopic (exact) mass is 340 g/mol. The number of benzene rings is 1. The van der Waals surface area contributed by atoms with E-state index in [1.807, 2.05) is 36.1 Å². The quantitative estimate of drug-likeness (QED) is 0.910. The average Bonchev–Trinajstić information content (AvgIpc) is 2.93. The highest BCUT2D eigenvalue weighted by molar-refractivity contribution is 6.30. The van der Waals surface area contributed by atoms with E-state index in [4.69, 9.17) is 16.0 Å². The maximum Gasteiger partial charge on any atom is 0.257 e. The molecule has 0 radical (unpaired) electrons. The minimum Gasteiger partial charge on any atom is -0.469 e. The molecule has 118 valence electrons. The number of hydrogen-bond donors (Lipinski definition) is 1. The van der Waals surface area contributed by atoms with Gasteiger partial charge in [0.15, 0.2) is 0 Å². The lowest BCUT2D eigenvalue weighted by Gasteiger charge is -2.36. The molecule has 0 bridgehead atoms. The first-order valence-electron chi connectivity index (χ1n) is 6.98. The second-order valence-corrected chi connectivity index (χ2v) is 5.60. The third kappa shape index (κ3) is 3.29. The lowest BCUT2D eigenvalue weighted by Crippen LogP contribution is -2.48. The van der Waals surface area contributed by atoms with Crippen LogP contribution < -0.4 is 5.32 Å². The normalized spacial score (nSPS) is 17.9. The Kier molecular flexibility index (Phi) is 5.51. The Labute approximate surface area is 140 Å². The molecular weight excluding hydrogens is 323 g/mol. The minimum absolute atomic E-state index is 0. The number of piperazine rings is 1. The summed E-state index contributed by atoms with van der Waals surface area (Å²) >= 11 is 6.08. The molecule has 0 saturated carbocycles. The Balaban J connectivity index is 0.00000176. The third-order valence-electron chi connectivity index (χ3n) is 3.83. The second kappa shape index (κ2) is 7.18. The molecule has 2 heterocycles. The Morgan fingerprint density at radius 3 is 2.91 bits per heavy atom. The van der Waals surface area contributed by atoms with Gasteiger partial charge in [0.2, 0.25) is 0 Å². The van der Waals surface area contributed by atoms with Crippen LogP contribution in [-0.2, 0) is 0 Å². The zero-order chi connectivity index (χ0) is 14.8. The summed E-state index contributed by atoms with van der Waals surface area (Å²) in [6.07, 6.45) is 1.55. The summed E-state index contributed by atoms with van der Waals surface area (Å²) in [7, 11) is 0. The van der Waals surface area contributed by atoms with Crippen LogP contribution in [0.15, 0.2) is 41.0 Å². The first kappa shape index (κ1) is 16.9. The van der Waals surface area contributed by atoms with Crippen molar-refractivity contribution in [2.75, 3.05) is 19.6 Å². The van der Waals surface area contributed by atoms with Crippen LogP contribution >= 0.6 is 24.0 Å². The standard InChI is InChI=1S/C16H17ClN2O2.ClH/c1-11-14(5-8-21-11)16(20)19-7-6-18-10-15(19)12-3-2-4-13(17)9-12;/h2-5,8-9,15,18H,6-7,10H2,1H3;1H. The first-order chi connectivity index (χ1) is 10.2. The minimum atomic E-state index is -0.0146. The molecule has 2 aromatic rings. The van der Waals surface area contributed by atoms with Crippen molar-refractivity contribution in [3.05, 3.63) is 58.5 Å². The number of nitrogens with zero attached hydrogens (tertiary/aromatic N) is 1. The van der Waals surface area contributed by atoms with Gasteiger partial charge < -0.3 is 14.6 Å². The summed E-state index contributed by atoms with van der Waals surface area (Å²) in [6, 6.07) is 9.40. The number of carbonyl (C=O) groups is 1. The number of nitrogens with one attached hydrogen (secondary N) is 1. The summed E-state index contributed by atoms with van der Waals surface area (Å²) in [5.74, 6) is 0.663. The van der Waals surface area contributed by atoms with Gasteiger partial charge in [-0.15, -0.1) is 12.4 Å². The molecule has 1 aliphatic heterocycles. The Morgan fingerprint density at radius 1 is 1.41 bits per heavy atom. The van der Waals surface area contributed by atoms with E-state index in [9.17, 15) is 4.79 Å². The fourth-order valence-electron chi connectivity index (χ4n) is 2.72. The second-order valence-electron chi connectivity index (χ2n) is 5.16. The number of furan rings is 1. The van der Waals surface area contributed by atoms with Crippen molar-refractivity contribution in [1.82, 2.24) is 10.2 Å². The van der Waals surface area contributed by atoms with Gasteiger partial charge in [-0.1, -0.05) is 23.7 Å². The molecular formula is C16H18Cl2N2O2. The fraction of sp³-hybridized carbons (Fsp3) is 0.312. The molecule has 1 aromatic heterocycles. The molecule has 1 N–H and O–H groups in total. The molecule has 0 spiro atoms. The lowest BCUT2D eigenvalue weighted by molar-refractivity contribution is 0.0632. The number of carbonyl (C=O) groups excluding carboxylic acids is 1. The van der Waals surface area contributed by atoms with Gasteiger partial charge in [-0.2, -0.15) is 0 Å². The number of amides is 1. The fourth-order valence-corrected chi connectivity index (χ4v) is 2.92. The molecule has 1 saturated heterocycles. The van der Waals surface area contributed by atoms with E-state index in [0.717, 1.165) is 18.7 Å². The molecule has 1 amide bonds. The number of rotatable bonds is 2. The molecule has 3 rings (SSSR count). The number of aryl methyl sites for hydroxylation is 1. The highest BCUT2D eigenvalue weighted by atomic mass is 35.5. The van der Waals surface area contributed by atoms with Crippen molar-refractivity contribution in [2.45, 2.75) is 13.0 Å². The van der Waals surface area contributed by atoms with Crippen LogP contribution in [0.25, 0.3) is 0 Å². The highest BCUT2D eigenvalue weighted by Crippen LogP contribution is 2.27. The van der Waals surface area contributed by atoms with Crippen LogP contribution in [0.2, 0.25) is 5.02 Å². The average molecular weight is 341 g/mol. The van der Waals surface area contributed by atoms with E-state index in [-0.39, 0.29) is 24.4 Å². The third-order valence-corrected chi connectivity index (χ3v) is 4.06. The lowest BCUT2D eigenvalue weighted by atomic mass is 10.0. The summed E-state index contributed by atoms with van der Waals surface area (Å²) in [6.45, 7) is 3.99. The molecule has 22 heavy (non-hydrogen) atoms. The van der Waals surface area contributed by atoms with E-state index in [0.29, 0.717) is 22.9 Å². The molecule has 1 aliphatic rings. The van der Waals surface area contributed by atoms with Gasteiger partial charge in [-0.3, -0.25) is 4.79 Å². The molecule has 1 fully saturated rings. The predicted octanol–water partition coefficient (Wildman–Crippen LogP) is 3.45. The summed E-state index contributed by atoms with van der Waals surface area (Å²) in [4.78, 5) is 14.6. The van der Waals surface area contributed by atoms with Crippen LogP contribution in [0.3, 0.4) is 0 Å². The van der Waals surface area contributed by atoms with Gasteiger partial charge in [0.25, 0.3) is 5.91 Å². The van der Waals surface area contributed by atoms with Gasteiger partial charge in [0, 0.05) is 24.7 Å². The molecule has 1 unspecified atom stereocenters. The molecule has 0 aliphatic carbocycles. The summed E-state index contributed by atoms with van der Waals surface area (Å²) in [5.41, 5.74) is 1.67. The van der Waals surface area contributed by atoms with Crippen molar-refractivity contribution in [3.63, 3.8) is 0 Å². The zero-order valence-corrected chi connectivity index (χ0v) is 13.8. The van der Waals surface area contributed by atoms with Crippen molar-refractivity contribution < 1.29 is 9.21 Å². The number of hydrogen-bond acceptors (Lipinski definition) is 3. The van der Waals surface area contributed by atoms with E-state index >= 15 is 0 Å². The maximum atomic E-state index is 12.8. The first-order valence-corrected chi connectivity index (χ1v) is 7.36. The Bertz CT molecular complexity index is 657. The van der Waals surface area contributed by atoms with Crippen LogP contribution in [0, 0.1) is 6.92 Å². The van der Waals surface area contributed by atoms with Crippen molar-refractivity contribution in [3.8, 4) is 0 Å². The SMILES string of the molecule is Cc1occc1C(=O)N1CCNCC1c1cccc(Cl)c1.Cl. The Hall–Kier alpha value is -1.49. The molecule has 6 heteroatoms. The highest BCUT2D eigenvalue weighted by Gasteiger charge is 2.30. The van der Waals surface area contributed by atoms with Crippen molar-refractivity contribution in [2.24, 2.45) is 0 Å². The van der Waals surface area contributed by atoms with Gasteiger partial charge in [0.1, 0.15) is 5.76 Å². The van der Waals surface area contributed by atoms with Gasteiger partial charge in [0.05, 0.1) is 17.9 Å². The van der Waals surface area contributed by atoms with Gasteiger partial charge in [-0.05, 0) is 30.7 Å². The molecule has 1 atom stereocenters. The van der Waals surface area contributed by atoms with E-state index < -0.39 is 0 Å². The van der Waals surface area contributed by atoms with E-state index in [1.165, 1.54) is 0 Å². The van der Waals surface area contributed by atoms with Crippen molar-refractivity contribution in [1.29, 1.82) is 0 Å². The molecule has 4 nitrogen and oxygen atoms in total. The topological polar surface area (TPSA) is 45.5 Å². The van der Waals surface area contributed by atoms with E-state index in [1.54, 1.807) is 12.3 Å². The molecule has 1 aromatic carbocycles. The van der Waals surface area contributed by atoms with Crippen molar-refractivity contribution >= 4 is 29.9 Å². The Morgan fingerprint density at radius 2 is 2.23 bits per heavy atom. The van der Waals surface area contributed by atoms with E-state index in [2.05, 4.69) is 5.32 Å². The van der Waals surface area contributed by atoms with Gasteiger partial charge in [-0.25, -0.2) is 0 Å². The summed E-state index contributed by atoms with van der Waals surface area (Å²) in [5, 5.41) is 4.02. The van der Waals surface area contributed by atoms with Crippen LogP contribution in [0.5, 0.6) is 0 Å². The van der Waals surface area contributed by atoms with Crippen LogP contribution in [-0.4, -0.2) is 30.4 Å². The van der Waals surface area contributed by atoms with Gasteiger partial charge >= 0.3 is 0 Å². The number of halogens is 2. The zero-order valence-electron chi connectivity index (χ0n) is 12.2.